The first-order valence-corrected chi connectivity index (χ1v) is 4.07. The molecule has 0 bridgehead atoms. The maximum atomic E-state index is 10.9. The number of hydrogen-bond donors (Lipinski definition) is 0. The van der Waals surface area contributed by atoms with Crippen LogP contribution >= 0.6 is 0 Å². The Balaban J connectivity index is 4.17. The van der Waals surface area contributed by atoms with E-state index < -0.39 is 0 Å². The Labute approximate surface area is 79.6 Å². The summed E-state index contributed by atoms with van der Waals surface area (Å²) in [5.74, 6) is -0.356. The van der Waals surface area contributed by atoms with Crippen molar-refractivity contribution in [3.05, 3.63) is 36.0 Å². The molecule has 72 valence electrons. The van der Waals surface area contributed by atoms with E-state index in [1.54, 1.807) is 0 Å². The standard InChI is InChI=1S/C11H16O2/c1-8(2)9(3)6-7-10(4)11(12)13-5/h6H,1,4,7H2,2-3,5H3. The Morgan fingerprint density at radius 3 is 2.31 bits per heavy atom. The molecule has 0 heterocycles. The van der Waals surface area contributed by atoms with Crippen molar-refractivity contribution in [1.29, 1.82) is 0 Å². The summed E-state index contributed by atoms with van der Waals surface area (Å²) in [6.07, 6.45) is 2.44. The highest BCUT2D eigenvalue weighted by molar-refractivity contribution is 5.87. The van der Waals surface area contributed by atoms with Crippen molar-refractivity contribution in [2.24, 2.45) is 0 Å². The summed E-state index contributed by atoms with van der Waals surface area (Å²) in [4.78, 5) is 10.9. The van der Waals surface area contributed by atoms with E-state index in [4.69, 9.17) is 0 Å². The van der Waals surface area contributed by atoms with Gasteiger partial charge in [-0.05, 0) is 20.3 Å². The van der Waals surface area contributed by atoms with Crippen LogP contribution in [-0.4, -0.2) is 13.1 Å². The van der Waals surface area contributed by atoms with Gasteiger partial charge in [0.25, 0.3) is 0 Å². The average Bonchev–Trinajstić information content (AvgIpc) is 2.11. The lowest BCUT2D eigenvalue weighted by atomic mass is 10.1. The van der Waals surface area contributed by atoms with Crippen LogP contribution in [0.15, 0.2) is 36.0 Å². The smallest absolute Gasteiger partial charge is 0.333 e. The highest BCUT2D eigenvalue weighted by Crippen LogP contribution is 2.09. The number of hydrogen-bond acceptors (Lipinski definition) is 2. The zero-order valence-corrected chi connectivity index (χ0v) is 8.52. The molecule has 0 unspecified atom stereocenters. The predicted octanol–water partition coefficient (Wildman–Crippen LogP) is 2.63. The number of carbonyl (C=O) groups excluding carboxylic acids is 1. The van der Waals surface area contributed by atoms with Crippen molar-refractivity contribution in [2.75, 3.05) is 7.11 Å². The summed E-state index contributed by atoms with van der Waals surface area (Å²) in [5, 5.41) is 0. The number of rotatable bonds is 4. The van der Waals surface area contributed by atoms with Crippen LogP contribution in [0.1, 0.15) is 20.3 Å². The Morgan fingerprint density at radius 2 is 1.92 bits per heavy atom. The molecule has 0 rings (SSSR count). The van der Waals surface area contributed by atoms with E-state index in [0.717, 1.165) is 11.1 Å². The van der Waals surface area contributed by atoms with E-state index in [-0.39, 0.29) is 5.97 Å². The molecule has 0 aliphatic carbocycles. The van der Waals surface area contributed by atoms with Crippen LogP contribution in [0.3, 0.4) is 0 Å². The molecule has 13 heavy (non-hydrogen) atoms. The zero-order valence-electron chi connectivity index (χ0n) is 8.52. The van der Waals surface area contributed by atoms with Crippen molar-refractivity contribution in [3.63, 3.8) is 0 Å². The van der Waals surface area contributed by atoms with Gasteiger partial charge >= 0.3 is 5.97 Å². The maximum Gasteiger partial charge on any atom is 0.333 e. The molecule has 0 N–H and O–H groups in total. The molecule has 0 atom stereocenters. The van der Waals surface area contributed by atoms with E-state index in [1.807, 2.05) is 19.9 Å². The van der Waals surface area contributed by atoms with Crippen LogP contribution in [0.5, 0.6) is 0 Å². The Hall–Kier alpha value is -1.31. The minimum Gasteiger partial charge on any atom is -0.466 e. The highest BCUT2D eigenvalue weighted by Gasteiger charge is 2.03. The van der Waals surface area contributed by atoms with E-state index in [2.05, 4.69) is 17.9 Å². The Morgan fingerprint density at radius 1 is 1.38 bits per heavy atom. The Kier molecular flexibility index (Phi) is 4.82. The normalized spacial score (nSPS) is 10.8. The molecule has 0 spiro atoms. The molecule has 0 aromatic heterocycles. The molecule has 0 saturated heterocycles. The first kappa shape index (κ1) is 11.7. The molecule has 0 fully saturated rings. The molecule has 0 radical (unpaired) electrons. The van der Waals surface area contributed by atoms with Crippen LogP contribution in [0.2, 0.25) is 0 Å². The van der Waals surface area contributed by atoms with Gasteiger partial charge in [0, 0.05) is 5.57 Å². The maximum absolute atomic E-state index is 10.9. The molecular weight excluding hydrogens is 164 g/mol. The van der Waals surface area contributed by atoms with Gasteiger partial charge < -0.3 is 4.74 Å². The van der Waals surface area contributed by atoms with Crippen LogP contribution < -0.4 is 0 Å². The van der Waals surface area contributed by atoms with Gasteiger partial charge in [0.1, 0.15) is 0 Å². The van der Waals surface area contributed by atoms with Gasteiger partial charge in [-0.3, -0.25) is 0 Å². The van der Waals surface area contributed by atoms with Crippen molar-refractivity contribution in [2.45, 2.75) is 20.3 Å². The molecule has 0 amide bonds. The van der Waals surface area contributed by atoms with Crippen molar-refractivity contribution in [1.82, 2.24) is 0 Å². The third kappa shape index (κ3) is 4.31. The lowest BCUT2D eigenvalue weighted by Crippen LogP contribution is -2.02. The third-order valence-electron chi connectivity index (χ3n) is 1.80. The summed E-state index contributed by atoms with van der Waals surface area (Å²) in [6.45, 7) is 11.3. The van der Waals surface area contributed by atoms with Crippen LogP contribution in [-0.2, 0) is 9.53 Å². The minimum atomic E-state index is -0.356. The zero-order chi connectivity index (χ0) is 10.4. The minimum absolute atomic E-state index is 0.356. The van der Waals surface area contributed by atoms with Gasteiger partial charge in [-0.15, -0.1) is 0 Å². The van der Waals surface area contributed by atoms with Gasteiger partial charge in [-0.1, -0.05) is 30.4 Å². The van der Waals surface area contributed by atoms with Gasteiger partial charge in [-0.2, -0.15) is 0 Å². The van der Waals surface area contributed by atoms with Gasteiger partial charge in [-0.25, -0.2) is 4.79 Å². The number of esters is 1. The fraction of sp³-hybridized carbons (Fsp3) is 0.364. The first-order chi connectivity index (χ1) is 5.99. The molecule has 2 heteroatoms. The molecular formula is C11H16O2. The number of allylic oxidation sites excluding steroid dienone is 3. The molecule has 0 aromatic carbocycles. The highest BCUT2D eigenvalue weighted by atomic mass is 16.5. The topological polar surface area (TPSA) is 26.3 Å². The van der Waals surface area contributed by atoms with Gasteiger partial charge in [0.05, 0.1) is 7.11 Å². The lowest BCUT2D eigenvalue weighted by molar-refractivity contribution is -0.136. The molecule has 0 saturated carbocycles. The third-order valence-corrected chi connectivity index (χ3v) is 1.80. The molecule has 0 aliphatic rings. The van der Waals surface area contributed by atoms with E-state index in [1.165, 1.54) is 7.11 Å². The summed E-state index contributed by atoms with van der Waals surface area (Å²) in [5.41, 5.74) is 2.53. The van der Waals surface area contributed by atoms with E-state index in [0.29, 0.717) is 12.0 Å². The van der Waals surface area contributed by atoms with Crippen molar-refractivity contribution >= 4 is 5.97 Å². The van der Waals surface area contributed by atoms with E-state index >= 15 is 0 Å². The second kappa shape index (κ2) is 5.36. The predicted molar refractivity (Wildman–Crippen MR) is 54.3 cm³/mol. The molecule has 0 aromatic rings. The summed E-state index contributed by atoms with van der Waals surface area (Å²) in [7, 11) is 1.35. The largest absolute Gasteiger partial charge is 0.466 e. The van der Waals surface area contributed by atoms with Crippen LogP contribution in [0.4, 0.5) is 0 Å². The van der Waals surface area contributed by atoms with Crippen molar-refractivity contribution in [3.8, 4) is 0 Å². The summed E-state index contributed by atoms with van der Waals surface area (Å²) in [6, 6.07) is 0. The van der Waals surface area contributed by atoms with E-state index in [9.17, 15) is 4.79 Å². The quantitative estimate of drug-likeness (QED) is 0.377. The Bertz CT molecular complexity index is 259. The number of carbonyl (C=O) groups is 1. The fourth-order valence-corrected chi connectivity index (χ4v) is 0.678. The van der Waals surface area contributed by atoms with Gasteiger partial charge in [0.15, 0.2) is 0 Å². The lowest BCUT2D eigenvalue weighted by Gasteiger charge is -2.01. The van der Waals surface area contributed by atoms with Crippen LogP contribution in [0, 0.1) is 0 Å². The van der Waals surface area contributed by atoms with Crippen molar-refractivity contribution < 1.29 is 9.53 Å². The van der Waals surface area contributed by atoms with Crippen LogP contribution in [0.25, 0.3) is 0 Å². The monoisotopic (exact) mass is 180 g/mol. The number of ether oxygens (including phenoxy) is 1. The SMILES string of the molecule is C=C(C)C(C)=CCC(=C)C(=O)OC. The first-order valence-electron chi connectivity index (χ1n) is 4.07. The second-order valence-corrected chi connectivity index (χ2v) is 2.97. The summed E-state index contributed by atoms with van der Waals surface area (Å²) >= 11 is 0. The van der Waals surface area contributed by atoms with Gasteiger partial charge in [0.2, 0.25) is 0 Å². The number of methoxy groups -OCH3 is 1. The average molecular weight is 180 g/mol. The second-order valence-electron chi connectivity index (χ2n) is 2.97. The summed E-state index contributed by atoms with van der Waals surface area (Å²) < 4.78 is 4.51. The molecule has 0 aliphatic heterocycles. The fourth-order valence-electron chi connectivity index (χ4n) is 0.678. The molecule has 2 nitrogen and oxygen atoms in total.